The van der Waals surface area contributed by atoms with Crippen LogP contribution in [0.2, 0.25) is 0 Å². The van der Waals surface area contributed by atoms with Gasteiger partial charge in [0.25, 0.3) is 0 Å². The zero-order valence-corrected chi connectivity index (χ0v) is 12.5. The Hall–Kier alpha value is -0.980. The molecule has 0 aromatic heterocycles. The van der Waals surface area contributed by atoms with Crippen LogP contribution in [-0.4, -0.2) is 25.7 Å². The molecule has 2 rings (SSSR count). The zero-order valence-electron chi connectivity index (χ0n) is 11.6. The molecule has 1 aliphatic rings. The number of nitrogens with one attached hydrogen (secondary N) is 1. The van der Waals surface area contributed by atoms with Gasteiger partial charge in [0.2, 0.25) is 10.0 Å². The van der Waals surface area contributed by atoms with Crippen molar-refractivity contribution in [3.8, 4) is 0 Å². The van der Waals surface area contributed by atoms with Crippen LogP contribution in [0.3, 0.4) is 0 Å². The third-order valence-electron chi connectivity index (χ3n) is 3.84. The molecule has 0 heterocycles. The Balaban J connectivity index is 2.17. The lowest BCUT2D eigenvalue weighted by Gasteiger charge is -2.37. The van der Waals surface area contributed by atoms with Crippen molar-refractivity contribution in [3.63, 3.8) is 0 Å². The summed E-state index contributed by atoms with van der Waals surface area (Å²) in [6, 6.07) is 3.81. The van der Waals surface area contributed by atoms with Gasteiger partial charge in [-0.3, -0.25) is 0 Å². The standard InChI is InChI=1S/C14H20FNO3S/c1-3-13(10-7-11(17)8-10)16-20(18,19)14-5-4-9(2)6-12(14)15/h4-6,10-11,13,16-17H,3,7-8H2,1-2H3/t10?,11?,13-/m1/s1. The SMILES string of the molecule is CC[C@@H](NS(=O)(=O)c1ccc(C)cc1F)C1CC(O)C1. The van der Waals surface area contributed by atoms with Crippen LogP contribution < -0.4 is 4.72 Å². The molecule has 0 bridgehead atoms. The van der Waals surface area contributed by atoms with E-state index in [1.807, 2.05) is 6.92 Å². The number of hydrogen-bond donors (Lipinski definition) is 2. The topological polar surface area (TPSA) is 66.4 Å². The Labute approximate surface area is 119 Å². The highest BCUT2D eigenvalue weighted by Gasteiger charge is 2.35. The van der Waals surface area contributed by atoms with Crippen molar-refractivity contribution in [2.75, 3.05) is 0 Å². The summed E-state index contributed by atoms with van der Waals surface area (Å²) in [6.07, 6.45) is 1.47. The first-order valence-electron chi connectivity index (χ1n) is 6.80. The fraction of sp³-hybridized carbons (Fsp3) is 0.571. The number of halogens is 1. The van der Waals surface area contributed by atoms with E-state index in [0.717, 1.165) is 0 Å². The minimum Gasteiger partial charge on any atom is -0.393 e. The van der Waals surface area contributed by atoms with Crippen molar-refractivity contribution < 1.29 is 17.9 Å². The molecule has 1 aromatic carbocycles. The van der Waals surface area contributed by atoms with E-state index < -0.39 is 15.8 Å². The highest BCUT2D eigenvalue weighted by Crippen LogP contribution is 2.32. The Bertz CT molecular complexity index is 582. The Morgan fingerprint density at radius 1 is 1.45 bits per heavy atom. The summed E-state index contributed by atoms with van der Waals surface area (Å²) < 4.78 is 40.9. The van der Waals surface area contributed by atoms with Crippen molar-refractivity contribution in [1.29, 1.82) is 0 Å². The molecule has 2 N–H and O–H groups in total. The van der Waals surface area contributed by atoms with E-state index in [9.17, 15) is 17.9 Å². The molecule has 0 spiro atoms. The van der Waals surface area contributed by atoms with E-state index in [-0.39, 0.29) is 23.0 Å². The van der Waals surface area contributed by atoms with E-state index in [4.69, 9.17) is 0 Å². The van der Waals surface area contributed by atoms with Gasteiger partial charge in [0.05, 0.1) is 6.10 Å². The van der Waals surface area contributed by atoms with Crippen molar-refractivity contribution >= 4 is 10.0 Å². The number of hydrogen-bond acceptors (Lipinski definition) is 3. The van der Waals surface area contributed by atoms with Gasteiger partial charge in [-0.2, -0.15) is 0 Å². The van der Waals surface area contributed by atoms with Gasteiger partial charge in [0.1, 0.15) is 10.7 Å². The van der Waals surface area contributed by atoms with Crippen molar-refractivity contribution in [2.24, 2.45) is 5.92 Å². The fourth-order valence-corrected chi connectivity index (χ4v) is 4.01. The third-order valence-corrected chi connectivity index (χ3v) is 5.37. The molecule has 0 radical (unpaired) electrons. The predicted molar refractivity (Wildman–Crippen MR) is 74.3 cm³/mol. The van der Waals surface area contributed by atoms with Crippen LogP contribution >= 0.6 is 0 Å². The molecule has 1 aliphatic carbocycles. The van der Waals surface area contributed by atoms with Crippen LogP contribution in [-0.2, 0) is 10.0 Å². The number of benzene rings is 1. The summed E-state index contributed by atoms with van der Waals surface area (Å²) in [5.41, 5.74) is 0.676. The van der Waals surface area contributed by atoms with E-state index in [1.54, 1.807) is 13.0 Å². The molecule has 1 atom stereocenters. The molecule has 0 amide bonds. The lowest BCUT2D eigenvalue weighted by atomic mass is 9.77. The van der Waals surface area contributed by atoms with Crippen LogP contribution in [0.25, 0.3) is 0 Å². The van der Waals surface area contributed by atoms with Crippen molar-refractivity contribution in [1.82, 2.24) is 4.72 Å². The van der Waals surface area contributed by atoms with E-state index >= 15 is 0 Å². The zero-order chi connectivity index (χ0) is 14.9. The lowest BCUT2D eigenvalue weighted by molar-refractivity contribution is 0.0277. The maximum absolute atomic E-state index is 13.8. The molecule has 112 valence electrons. The van der Waals surface area contributed by atoms with Gasteiger partial charge in [0, 0.05) is 6.04 Å². The van der Waals surface area contributed by atoms with Gasteiger partial charge in [-0.25, -0.2) is 17.5 Å². The van der Waals surface area contributed by atoms with Gasteiger partial charge in [-0.15, -0.1) is 0 Å². The summed E-state index contributed by atoms with van der Waals surface area (Å²) in [5, 5.41) is 9.32. The summed E-state index contributed by atoms with van der Waals surface area (Å²) in [5.74, 6) is -0.612. The van der Waals surface area contributed by atoms with E-state index in [0.29, 0.717) is 24.8 Å². The van der Waals surface area contributed by atoms with Gasteiger partial charge in [0.15, 0.2) is 0 Å². The molecule has 1 saturated carbocycles. The molecule has 0 unspecified atom stereocenters. The van der Waals surface area contributed by atoms with E-state index in [1.165, 1.54) is 12.1 Å². The molecular formula is C14H20FNO3S. The first-order valence-corrected chi connectivity index (χ1v) is 8.28. The first kappa shape index (κ1) is 15.4. The third kappa shape index (κ3) is 3.19. The van der Waals surface area contributed by atoms with E-state index in [2.05, 4.69) is 4.72 Å². The van der Waals surface area contributed by atoms with Gasteiger partial charge >= 0.3 is 0 Å². The number of aliphatic hydroxyl groups excluding tert-OH is 1. The number of sulfonamides is 1. The Kier molecular flexibility index (Phi) is 4.46. The number of aryl methyl sites for hydroxylation is 1. The molecular weight excluding hydrogens is 281 g/mol. The largest absolute Gasteiger partial charge is 0.393 e. The van der Waals surface area contributed by atoms with Gasteiger partial charge < -0.3 is 5.11 Å². The highest BCUT2D eigenvalue weighted by atomic mass is 32.2. The summed E-state index contributed by atoms with van der Waals surface area (Å²) in [6.45, 7) is 3.58. The second-order valence-corrected chi connectivity index (χ2v) is 7.14. The summed E-state index contributed by atoms with van der Waals surface area (Å²) in [7, 11) is -3.86. The molecule has 0 saturated heterocycles. The first-order chi connectivity index (χ1) is 9.33. The monoisotopic (exact) mass is 301 g/mol. The maximum Gasteiger partial charge on any atom is 0.243 e. The minimum absolute atomic E-state index is 0.123. The van der Waals surface area contributed by atoms with Crippen molar-refractivity contribution in [2.45, 2.75) is 50.2 Å². The number of rotatable bonds is 5. The molecule has 4 nitrogen and oxygen atoms in total. The maximum atomic E-state index is 13.8. The molecule has 20 heavy (non-hydrogen) atoms. The van der Waals surface area contributed by atoms with Gasteiger partial charge in [-0.1, -0.05) is 13.0 Å². The predicted octanol–water partition coefficient (Wildman–Crippen LogP) is 1.96. The van der Waals surface area contributed by atoms with Gasteiger partial charge in [-0.05, 0) is 49.8 Å². The second kappa shape index (κ2) is 5.79. The molecule has 0 aliphatic heterocycles. The van der Waals surface area contributed by atoms with Crippen molar-refractivity contribution in [3.05, 3.63) is 29.6 Å². The molecule has 1 fully saturated rings. The average Bonchev–Trinajstić information content (AvgIpc) is 2.32. The van der Waals surface area contributed by atoms with Crippen LogP contribution in [0.1, 0.15) is 31.7 Å². The second-order valence-electron chi connectivity index (χ2n) is 5.46. The molecule has 6 heteroatoms. The lowest BCUT2D eigenvalue weighted by Crippen LogP contribution is -2.46. The summed E-state index contributed by atoms with van der Waals surface area (Å²) in [4.78, 5) is -0.318. The Morgan fingerprint density at radius 2 is 2.10 bits per heavy atom. The quantitative estimate of drug-likeness (QED) is 0.873. The summed E-state index contributed by atoms with van der Waals surface area (Å²) >= 11 is 0. The highest BCUT2D eigenvalue weighted by molar-refractivity contribution is 7.89. The van der Waals surface area contributed by atoms with Crippen LogP contribution in [0.15, 0.2) is 23.1 Å². The van der Waals surface area contributed by atoms with Crippen LogP contribution in [0.5, 0.6) is 0 Å². The average molecular weight is 301 g/mol. The fourth-order valence-electron chi connectivity index (χ4n) is 2.56. The van der Waals surface area contributed by atoms with Crippen LogP contribution in [0.4, 0.5) is 4.39 Å². The molecule has 1 aromatic rings. The minimum atomic E-state index is -3.86. The van der Waals surface area contributed by atoms with Crippen LogP contribution in [0, 0.1) is 18.7 Å². The number of aliphatic hydroxyl groups is 1. The Morgan fingerprint density at radius 3 is 2.60 bits per heavy atom. The smallest absolute Gasteiger partial charge is 0.243 e. The normalized spacial score (nSPS) is 24.2.